The summed E-state index contributed by atoms with van der Waals surface area (Å²) in [6.45, 7) is 2.55. The topological polar surface area (TPSA) is 18.5 Å². The number of allylic oxidation sites excluding steroid dienone is 7. The second-order valence-electron chi connectivity index (χ2n) is 6.96. The third-order valence-electron chi connectivity index (χ3n) is 5.55. The lowest BCUT2D eigenvalue weighted by molar-refractivity contribution is 0.0629. The lowest BCUT2D eigenvalue weighted by atomic mass is 9.88. The van der Waals surface area contributed by atoms with E-state index in [2.05, 4.69) is 71.4 Å². The molecule has 0 amide bonds. The van der Waals surface area contributed by atoms with Crippen LogP contribution in [-0.4, -0.2) is 12.9 Å². The van der Waals surface area contributed by atoms with E-state index in [1.165, 1.54) is 33.4 Å². The zero-order valence-corrected chi connectivity index (χ0v) is 15.7. The summed E-state index contributed by atoms with van der Waals surface area (Å²) in [5.74, 6) is 1.43. The lowest BCUT2D eigenvalue weighted by Crippen LogP contribution is -2.13. The van der Waals surface area contributed by atoms with E-state index in [4.69, 9.17) is 9.47 Å². The molecule has 4 aliphatic rings. The second-order valence-corrected chi connectivity index (χ2v) is 7.75. The van der Waals surface area contributed by atoms with Gasteiger partial charge in [-0.25, -0.2) is 0 Å². The van der Waals surface area contributed by atoms with Gasteiger partial charge in [-0.3, -0.25) is 0 Å². The highest BCUT2D eigenvalue weighted by Gasteiger charge is 2.35. The maximum atomic E-state index is 5.70. The zero-order chi connectivity index (χ0) is 17.0. The van der Waals surface area contributed by atoms with Crippen molar-refractivity contribution in [3.05, 3.63) is 86.2 Å². The van der Waals surface area contributed by atoms with Gasteiger partial charge in [-0.2, -0.15) is 0 Å². The molecule has 0 saturated carbocycles. The Hall–Kier alpha value is -1.84. The first-order valence-electron chi connectivity index (χ1n) is 8.78. The van der Waals surface area contributed by atoms with Crippen molar-refractivity contribution < 1.29 is 9.47 Å². The standard InChI is InChI=1S/C22H19BrO2/c1-13-10-19-18(11-20-22(21(19)23)25-12-24-20)16(13)9-8-15-7-6-14-4-2-3-5-17(14)15/h2-7,10-11,15,20H,8-9,12H2,1H3. The fraction of sp³-hybridized carbons (Fsp3) is 0.273. The molecule has 1 saturated heterocycles. The molecule has 0 bridgehead atoms. The Labute approximate surface area is 156 Å². The Morgan fingerprint density at radius 2 is 2.08 bits per heavy atom. The zero-order valence-electron chi connectivity index (χ0n) is 14.1. The van der Waals surface area contributed by atoms with Gasteiger partial charge in [0.25, 0.3) is 0 Å². The minimum absolute atomic E-state index is 0.0467. The largest absolute Gasteiger partial charge is 0.468 e. The first kappa shape index (κ1) is 15.4. The molecule has 0 spiro atoms. The van der Waals surface area contributed by atoms with Crippen LogP contribution in [0.1, 0.15) is 36.8 Å². The van der Waals surface area contributed by atoms with Crippen LogP contribution in [0.15, 0.2) is 75.0 Å². The van der Waals surface area contributed by atoms with Crippen LogP contribution in [0.4, 0.5) is 0 Å². The van der Waals surface area contributed by atoms with Crippen molar-refractivity contribution in [1.82, 2.24) is 0 Å². The predicted molar refractivity (Wildman–Crippen MR) is 103 cm³/mol. The molecule has 2 atom stereocenters. The molecular formula is C22H19BrO2. The molecule has 1 fully saturated rings. The molecule has 3 aliphatic carbocycles. The van der Waals surface area contributed by atoms with E-state index in [0.717, 1.165) is 23.1 Å². The summed E-state index contributed by atoms with van der Waals surface area (Å²) in [5.41, 5.74) is 8.19. The van der Waals surface area contributed by atoms with Gasteiger partial charge in [0.15, 0.2) is 6.79 Å². The third-order valence-corrected chi connectivity index (χ3v) is 6.37. The molecule has 1 aliphatic heterocycles. The molecule has 2 unspecified atom stereocenters. The molecular weight excluding hydrogens is 376 g/mol. The van der Waals surface area contributed by atoms with E-state index in [1.54, 1.807) is 0 Å². The molecule has 5 rings (SSSR count). The van der Waals surface area contributed by atoms with Crippen molar-refractivity contribution in [2.24, 2.45) is 0 Å². The van der Waals surface area contributed by atoms with Gasteiger partial charge in [0.1, 0.15) is 11.9 Å². The molecule has 0 aromatic heterocycles. The van der Waals surface area contributed by atoms with Crippen LogP contribution in [0.25, 0.3) is 6.08 Å². The van der Waals surface area contributed by atoms with E-state index in [0.29, 0.717) is 12.7 Å². The fourth-order valence-electron chi connectivity index (χ4n) is 4.26. The van der Waals surface area contributed by atoms with Crippen molar-refractivity contribution >= 4 is 22.0 Å². The van der Waals surface area contributed by atoms with Crippen molar-refractivity contribution in [3.63, 3.8) is 0 Å². The van der Waals surface area contributed by atoms with Gasteiger partial charge in [-0.05, 0) is 81.3 Å². The van der Waals surface area contributed by atoms with Crippen LogP contribution in [0.2, 0.25) is 0 Å². The maximum Gasteiger partial charge on any atom is 0.190 e. The quantitative estimate of drug-likeness (QED) is 0.649. The normalized spacial score (nSPS) is 26.3. The van der Waals surface area contributed by atoms with Gasteiger partial charge >= 0.3 is 0 Å². The van der Waals surface area contributed by atoms with E-state index in [9.17, 15) is 0 Å². The van der Waals surface area contributed by atoms with Gasteiger partial charge in [0.05, 0.1) is 4.48 Å². The molecule has 126 valence electrons. The van der Waals surface area contributed by atoms with Gasteiger partial charge in [0, 0.05) is 5.92 Å². The monoisotopic (exact) mass is 394 g/mol. The van der Waals surface area contributed by atoms with Crippen molar-refractivity contribution in [1.29, 1.82) is 0 Å². The molecule has 3 heteroatoms. The first-order valence-corrected chi connectivity index (χ1v) is 9.57. The van der Waals surface area contributed by atoms with Crippen LogP contribution < -0.4 is 0 Å². The molecule has 1 aromatic carbocycles. The van der Waals surface area contributed by atoms with Crippen LogP contribution in [0.5, 0.6) is 0 Å². The molecule has 25 heavy (non-hydrogen) atoms. The Kier molecular flexibility index (Phi) is 3.61. The summed E-state index contributed by atoms with van der Waals surface area (Å²) < 4.78 is 12.4. The van der Waals surface area contributed by atoms with E-state index in [1.807, 2.05) is 0 Å². The highest BCUT2D eigenvalue weighted by atomic mass is 79.9. The smallest absolute Gasteiger partial charge is 0.190 e. The van der Waals surface area contributed by atoms with Crippen molar-refractivity contribution in [2.75, 3.05) is 6.79 Å². The molecule has 0 N–H and O–H groups in total. The Balaban J connectivity index is 1.38. The lowest BCUT2D eigenvalue weighted by Gasteiger charge is -2.20. The van der Waals surface area contributed by atoms with Gasteiger partial charge in [-0.15, -0.1) is 0 Å². The highest BCUT2D eigenvalue weighted by molar-refractivity contribution is 9.12. The number of benzene rings is 1. The summed E-state index contributed by atoms with van der Waals surface area (Å²) >= 11 is 3.72. The van der Waals surface area contributed by atoms with Gasteiger partial charge in [0.2, 0.25) is 0 Å². The SMILES string of the molecule is CC1=C(CCC2C=Cc3ccccc32)C2=CC3OCOC3=C(Br)C2=C1. The summed E-state index contributed by atoms with van der Waals surface area (Å²) in [4.78, 5) is 0. The van der Waals surface area contributed by atoms with Crippen LogP contribution in [0.3, 0.4) is 0 Å². The number of halogens is 1. The van der Waals surface area contributed by atoms with Crippen LogP contribution in [-0.2, 0) is 9.47 Å². The minimum atomic E-state index is -0.0467. The minimum Gasteiger partial charge on any atom is -0.468 e. The number of ether oxygens (including phenoxy) is 2. The Morgan fingerprint density at radius 3 is 3.00 bits per heavy atom. The summed E-state index contributed by atoms with van der Waals surface area (Å²) in [6, 6.07) is 8.72. The number of hydrogen-bond acceptors (Lipinski definition) is 2. The first-order chi connectivity index (χ1) is 12.2. The number of rotatable bonds is 3. The predicted octanol–water partition coefficient (Wildman–Crippen LogP) is 5.75. The van der Waals surface area contributed by atoms with Gasteiger partial charge < -0.3 is 9.47 Å². The molecule has 0 radical (unpaired) electrons. The molecule has 2 nitrogen and oxygen atoms in total. The third kappa shape index (κ3) is 2.41. The second kappa shape index (κ2) is 5.86. The Bertz CT molecular complexity index is 914. The van der Waals surface area contributed by atoms with Crippen molar-refractivity contribution in [2.45, 2.75) is 31.8 Å². The van der Waals surface area contributed by atoms with Crippen molar-refractivity contribution in [3.8, 4) is 0 Å². The Morgan fingerprint density at radius 1 is 1.20 bits per heavy atom. The molecule has 1 aromatic rings. The number of fused-ring (bicyclic) bond motifs is 3. The maximum absolute atomic E-state index is 5.70. The summed E-state index contributed by atoms with van der Waals surface area (Å²) in [6.07, 6.45) is 11.3. The molecule has 1 heterocycles. The van der Waals surface area contributed by atoms with E-state index >= 15 is 0 Å². The average Bonchev–Trinajstić information content (AvgIpc) is 3.31. The van der Waals surface area contributed by atoms with E-state index < -0.39 is 0 Å². The highest BCUT2D eigenvalue weighted by Crippen LogP contribution is 2.47. The van der Waals surface area contributed by atoms with Gasteiger partial charge in [-0.1, -0.05) is 36.4 Å². The summed E-state index contributed by atoms with van der Waals surface area (Å²) in [5, 5.41) is 0. The van der Waals surface area contributed by atoms with Crippen LogP contribution >= 0.6 is 15.9 Å². The number of hydrogen-bond donors (Lipinski definition) is 0. The van der Waals surface area contributed by atoms with E-state index in [-0.39, 0.29) is 6.10 Å². The van der Waals surface area contributed by atoms with Crippen LogP contribution in [0, 0.1) is 0 Å². The average molecular weight is 395 g/mol. The summed E-state index contributed by atoms with van der Waals surface area (Å²) in [7, 11) is 0. The fourth-order valence-corrected chi connectivity index (χ4v) is 4.93.